The molecule has 2 bridgehead atoms. The number of fused-ring (bicyclic) bond motifs is 3. The molecule has 0 aliphatic carbocycles. The SMILES string of the molecule is Cl.O=C(c1oc2ccccc2c1CSc1cccs1)N1CCC2CCC(C1)N2. The molecule has 0 saturated carbocycles. The number of rotatable bonds is 4. The van der Waals surface area contributed by atoms with Crippen molar-refractivity contribution in [3.8, 4) is 0 Å². The molecule has 0 spiro atoms. The second-order valence-electron chi connectivity index (χ2n) is 7.30. The molecule has 4 heterocycles. The van der Waals surface area contributed by atoms with Gasteiger partial charge in [-0.05, 0) is 36.8 Å². The first kappa shape index (κ1) is 19.8. The van der Waals surface area contributed by atoms with E-state index in [1.165, 1.54) is 10.6 Å². The van der Waals surface area contributed by atoms with Gasteiger partial charge in [-0.15, -0.1) is 35.5 Å². The summed E-state index contributed by atoms with van der Waals surface area (Å²) in [5.74, 6) is 1.32. The number of thiophene rings is 1. The number of amides is 1. The zero-order valence-electron chi connectivity index (χ0n) is 15.4. The number of furan rings is 1. The fraction of sp³-hybridized carbons (Fsp3) is 0.381. The van der Waals surface area contributed by atoms with Gasteiger partial charge >= 0.3 is 0 Å². The molecule has 2 unspecified atom stereocenters. The average molecular weight is 435 g/mol. The highest BCUT2D eigenvalue weighted by Gasteiger charge is 2.33. The molecule has 2 atom stereocenters. The highest BCUT2D eigenvalue weighted by atomic mass is 35.5. The number of likely N-dealkylation sites (tertiary alicyclic amines) is 1. The van der Waals surface area contributed by atoms with E-state index in [1.807, 2.05) is 23.1 Å². The summed E-state index contributed by atoms with van der Waals surface area (Å²) >= 11 is 3.50. The Morgan fingerprint density at radius 2 is 2.04 bits per heavy atom. The minimum atomic E-state index is 0. The third kappa shape index (κ3) is 3.83. The van der Waals surface area contributed by atoms with E-state index in [0.29, 0.717) is 17.8 Å². The zero-order valence-corrected chi connectivity index (χ0v) is 17.9. The van der Waals surface area contributed by atoms with Crippen LogP contribution in [0.25, 0.3) is 11.0 Å². The van der Waals surface area contributed by atoms with E-state index in [2.05, 4.69) is 28.9 Å². The normalized spacial score (nSPS) is 21.5. The predicted octanol–water partition coefficient (Wildman–Crippen LogP) is 5.17. The van der Waals surface area contributed by atoms with Crippen molar-refractivity contribution in [1.82, 2.24) is 10.2 Å². The summed E-state index contributed by atoms with van der Waals surface area (Å²) < 4.78 is 7.34. The molecule has 4 nitrogen and oxygen atoms in total. The first-order valence-electron chi connectivity index (χ1n) is 9.50. The summed E-state index contributed by atoms with van der Waals surface area (Å²) in [4.78, 5) is 15.4. The van der Waals surface area contributed by atoms with Crippen molar-refractivity contribution >= 4 is 52.4 Å². The number of benzene rings is 1. The van der Waals surface area contributed by atoms with Crippen LogP contribution in [0.5, 0.6) is 0 Å². The summed E-state index contributed by atoms with van der Waals surface area (Å²) in [6, 6.07) is 13.2. The van der Waals surface area contributed by atoms with Gasteiger partial charge in [0, 0.05) is 41.9 Å². The van der Waals surface area contributed by atoms with Crippen LogP contribution in [0.1, 0.15) is 35.4 Å². The van der Waals surface area contributed by atoms with Gasteiger partial charge in [0.15, 0.2) is 5.76 Å². The largest absolute Gasteiger partial charge is 0.451 e. The molecule has 1 N–H and O–H groups in total. The van der Waals surface area contributed by atoms with Crippen molar-refractivity contribution in [3.63, 3.8) is 0 Å². The summed E-state index contributed by atoms with van der Waals surface area (Å²) in [5, 5.41) is 6.79. The van der Waals surface area contributed by atoms with Crippen molar-refractivity contribution in [3.05, 3.63) is 53.1 Å². The Hall–Kier alpha value is -1.47. The Bertz CT molecular complexity index is 957. The Balaban J connectivity index is 0.00000192. The Kier molecular flexibility index (Phi) is 6.01. The lowest BCUT2D eigenvalue weighted by Crippen LogP contribution is -2.39. The highest BCUT2D eigenvalue weighted by Crippen LogP contribution is 2.34. The molecule has 7 heteroatoms. The standard InChI is InChI=1S/C21H22N2O2S2.ClH/c24-21(23-10-9-14-7-8-15(12-23)22-14)20-17(13-27-19-6-3-11-26-19)16-4-1-2-5-18(16)25-20;/h1-6,11,14-15,22H,7-10,12-13H2;1H. The number of thioether (sulfide) groups is 1. The Labute approximate surface area is 179 Å². The van der Waals surface area contributed by atoms with Gasteiger partial charge in [0.2, 0.25) is 0 Å². The van der Waals surface area contributed by atoms with E-state index < -0.39 is 0 Å². The fourth-order valence-electron chi connectivity index (χ4n) is 4.17. The molecule has 2 fully saturated rings. The minimum Gasteiger partial charge on any atom is -0.451 e. The Morgan fingerprint density at radius 3 is 2.89 bits per heavy atom. The third-order valence-corrected chi connectivity index (χ3v) is 7.71. The topological polar surface area (TPSA) is 45.5 Å². The van der Waals surface area contributed by atoms with Crippen LogP contribution in [-0.2, 0) is 5.75 Å². The van der Waals surface area contributed by atoms with Gasteiger partial charge in [-0.2, -0.15) is 0 Å². The van der Waals surface area contributed by atoms with Crippen LogP contribution in [0.15, 0.2) is 50.4 Å². The molecular weight excluding hydrogens is 412 g/mol. The molecule has 1 amide bonds. The summed E-state index contributed by atoms with van der Waals surface area (Å²) in [6.07, 6.45) is 3.43. The summed E-state index contributed by atoms with van der Waals surface area (Å²) in [6.45, 7) is 1.59. The van der Waals surface area contributed by atoms with Gasteiger partial charge in [-0.25, -0.2) is 0 Å². The molecule has 1 aromatic carbocycles. The van der Waals surface area contributed by atoms with E-state index in [-0.39, 0.29) is 18.3 Å². The molecule has 2 aromatic heterocycles. The lowest BCUT2D eigenvalue weighted by atomic mass is 10.1. The maximum Gasteiger partial charge on any atom is 0.289 e. The maximum absolute atomic E-state index is 13.4. The Morgan fingerprint density at radius 1 is 1.18 bits per heavy atom. The second-order valence-corrected chi connectivity index (χ2v) is 9.53. The maximum atomic E-state index is 13.4. The smallest absolute Gasteiger partial charge is 0.289 e. The fourth-order valence-corrected chi connectivity index (χ4v) is 5.99. The quantitative estimate of drug-likeness (QED) is 0.575. The molecular formula is C21H23ClN2O2S2. The number of carbonyl (C=O) groups is 1. The van der Waals surface area contributed by atoms with Gasteiger partial charge < -0.3 is 14.6 Å². The number of hydrogen-bond acceptors (Lipinski definition) is 5. The molecule has 28 heavy (non-hydrogen) atoms. The van der Waals surface area contributed by atoms with E-state index >= 15 is 0 Å². The first-order valence-corrected chi connectivity index (χ1v) is 11.4. The number of halogens is 1. The van der Waals surface area contributed by atoms with Crippen LogP contribution >= 0.6 is 35.5 Å². The van der Waals surface area contributed by atoms with Crippen molar-refractivity contribution in [2.45, 2.75) is 41.3 Å². The van der Waals surface area contributed by atoms with E-state index in [4.69, 9.17) is 4.42 Å². The van der Waals surface area contributed by atoms with Crippen molar-refractivity contribution in [1.29, 1.82) is 0 Å². The number of para-hydroxylation sites is 1. The summed E-state index contributed by atoms with van der Waals surface area (Å²) in [7, 11) is 0. The van der Waals surface area contributed by atoms with Gasteiger partial charge in [0.25, 0.3) is 5.91 Å². The van der Waals surface area contributed by atoms with Crippen molar-refractivity contribution in [2.24, 2.45) is 0 Å². The molecule has 2 aliphatic rings. The average Bonchev–Trinajstić information content (AvgIpc) is 3.38. The molecule has 0 radical (unpaired) electrons. The number of carbonyl (C=O) groups excluding carboxylic acids is 1. The van der Waals surface area contributed by atoms with Crippen LogP contribution < -0.4 is 5.32 Å². The second kappa shape index (κ2) is 8.49. The van der Waals surface area contributed by atoms with Crippen LogP contribution in [-0.4, -0.2) is 36.0 Å². The lowest BCUT2D eigenvalue weighted by Gasteiger charge is -2.23. The summed E-state index contributed by atoms with van der Waals surface area (Å²) in [5.41, 5.74) is 1.83. The number of hydrogen-bond donors (Lipinski definition) is 1. The number of nitrogens with zero attached hydrogens (tertiary/aromatic N) is 1. The number of nitrogens with one attached hydrogen (secondary N) is 1. The van der Waals surface area contributed by atoms with Gasteiger partial charge in [0.05, 0.1) is 4.21 Å². The molecule has 2 saturated heterocycles. The van der Waals surface area contributed by atoms with Crippen LogP contribution in [0, 0.1) is 0 Å². The molecule has 2 aliphatic heterocycles. The molecule has 3 aromatic rings. The van der Waals surface area contributed by atoms with Gasteiger partial charge in [0.1, 0.15) is 5.58 Å². The monoisotopic (exact) mass is 434 g/mol. The molecule has 5 rings (SSSR count). The van der Waals surface area contributed by atoms with Crippen molar-refractivity contribution < 1.29 is 9.21 Å². The minimum absolute atomic E-state index is 0. The van der Waals surface area contributed by atoms with E-state index in [0.717, 1.165) is 48.2 Å². The van der Waals surface area contributed by atoms with Crippen LogP contribution in [0.4, 0.5) is 0 Å². The lowest BCUT2D eigenvalue weighted by molar-refractivity contribution is 0.0717. The van der Waals surface area contributed by atoms with Gasteiger partial charge in [-0.1, -0.05) is 24.3 Å². The zero-order chi connectivity index (χ0) is 18.2. The van der Waals surface area contributed by atoms with E-state index in [9.17, 15) is 4.79 Å². The van der Waals surface area contributed by atoms with E-state index in [1.54, 1.807) is 23.1 Å². The van der Waals surface area contributed by atoms with Crippen LogP contribution in [0.3, 0.4) is 0 Å². The predicted molar refractivity (Wildman–Crippen MR) is 118 cm³/mol. The van der Waals surface area contributed by atoms with Crippen LogP contribution in [0.2, 0.25) is 0 Å². The van der Waals surface area contributed by atoms with Crippen molar-refractivity contribution in [2.75, 3.05) is 13.1 Å². The highest BCUT2D eigenvalue weighted by molar-refractivity contribution is 8.00. The molecule has 148 valence electrons. The third-order valence-electron chi connectivity index (χ3n) is 5.56. The first-order chi connectivity index (χ1) is 13.3. The van der Waals surface area contributed by atoms with Gasteiger partial charge in [-0.3, -0.25) is 4.79 Å².